The van der Waals surface area contributed by atoms with Crippen LogP contribution in [0.3, 0.4) is 0 Å². The summed E-state index contributed by atoms with van der Waals surface area (Å²) < 4.78 is 32.1. The lowest BCUT2D eigenvalue weighted by atomic mass is 10.3. The van der Waals surface area contributed by atoms with Gasteiger partial charge in [0.1, 0.15) is 0 Å². The largest absolute Gasteiger partial charge is 0.475 e. The molecule has 0 saturated heterocycles. The summed E-state index contributed by atoms with van der Waals surface area (Å²) in [5.74, 6) is -1.67. The van der Waals surface area contributed by atoms with E-state index in [-0.39, 0.29) is 11.7 Å². The van der Waals surface area contributed by atoms with Gasteiger partial charge in [-0.25, -0.2) is 8.78 Å². The number of thiophene rings is 1. The minimum Gasteiger partial charge on any atom is -0.475 e. The van der Waals surface area contributed by atoms with E-state index < -0.39 is 11.6 Å². The summed E-state index contributed by atoms with van der Waals surface area (Å²) in [6.45, 7) is 2.62. The van der Waals surface area contributed by atoms with Gasteiger partial charge in [-0.1, -0.05) is 6.07 Å². The molecule has 0 aliphatic carbocycles. The van der Waals surface area contributed by atoms with E-state index in [1.165, 1.54) is 0 Å². The molecule has 0 unspecified atom stereocenters. The van der Waals surface area contributed by atoms with Crippen molar-refractivity contribution >= 4 is 17.2 Å². The maximum Gasteiger partial charge on any atom is 0.252 e. The first-order valence-corrected chi connectivity index (χ1v) is 6.83. The van der Waals surface area contributed by atoms with Crippen LogP contribution in [0, 0.1) is 11.6 Å². The fraction of sp³-hybridized carbons (Fsp3) is 0.308. The van der Waals surface area contributed by atoms with Crippen LogP contribution in [-0.2, 0) is 6.42 Å². The normalized spacial score (nSPS) is 10.5. The van der Waals surface area contributed by atoms with Crippen LogP contribution < -0.4 is 10.1 Å². The summed E-state index contributed by atoms with van der Waals surface area (Å²) >= 11 is 1.61. The van der Waals surface area contributed by atoms with Crippen LogP contribution in [0.4, 0.5) is 14.6 Å². The van der Waals surface area contributed by atoms with Crippen LogP contribution in [0.25, 0.3) is 0 Å². The van der Waals surface area contributed by atoms with Gasteiger partial charge in [0.2, 0.25) is 0 Å². The number of hydrogen-bond donors (Lipinski definition) is 1. The molecule has 0 saturated carbocycles. The van der Waals surface area contributed by atoms with E-state index in [2.05, 4.69) is 10.3 Å². The van der Waals surface area contributed by atoms with Crippen molar-refractivity contribution in [2.24, 2.45) is 0 Å². The van der Waals surface area contributed by atoms with Gasteiger partial charge >= 0.3 is 0 Å². The van der Waals surface area contributed by atoms with Gasteiger partial charge in [-0.3, -0.25) is 0 Å². The Balaban J connectivity index is 2.00. The second-order valence-electron chi connectivity index (χ2n) is 3.81. The quantitative estimate of drug-likeness (QED) is 0.882. The molecule has 2 rings (SSSR count). The average Bonchev–Trinajstić information content (AvgIpc) is 2.88. The van der Waals surface area contributed by atoms with Crippen molar-refractivity contribution in [2.75, 3.05) is 18.5 Å². The van der Waals surface area contributed by atoms with E-state index in [1.807, 2.05) is 24.4 Å². The number of halogens is 2. The van der Waals surface area contributed by atoms with Gasteiger partial charge in [-0.15, -0.1) is 11.3 Å². The van der Waals surface area contributed by atoms with Crippen LogP contribution in [0.2, 0.25) is 0 Å². The molecule has 19 heavy (non-hydrogen) atoms. The van der Waals surface area contributed by atoms with Crippen molar-refractivity contribution in [3.05, 3.63) is 40.1 Å². The lowest BCUT2D eigenvalue weighted by Gasteiger charge is -2.09. The predicted molar refractivity (Wildman–Crippen MR) is 71.8 cm³/mol. The Labute approximate surface area is 114 Å². The van der Waals surface area contributed by atoms with Crippen LogP contribution in [0.15, 0.2) is 23.6 Å². The SMILES string of the molecule is CCNc1nc(OCCc2cccs2)c(F)cc1F. The Morgan fingerprint density at radius 3 is 2.89 bits per heavy atom. The predicted octanol–water partition coefficient (Wildman–Crippen LogP) is 3.47. The van der Waals surface area contributed by atoms with E-state index >= 15 is 0 Å². The van der Waals surface area contributed by atoms with Crippen molar-refractivity contribution in [2.45, 2.75) is 13.3 Å². The Bertz CT molecular complexity index is 532. The molecule has 0 aliphatic heterocycles. The number of aromatic nitrogens is 1. The molecule has 2 aromatic heterocycles. The highest BCUT2D eigenvalue weighted by Gasteiger charge is 2.12. The summed E-state index contributed by atoms with van der Waals surface area (Å²) in [5.41, 5.74) is 0. The highest BCUT2D eigenvalue weighted by Crippen LogP contribution is 2.21. The first-order valence-electron chi connectivity index (χ1n) is 5.95. The lowest BCUT2D eigenvalue weighted by molar-refractivity contribution is 0.292. The summed E-state index contributed by atoms with van der Waals surface area (Å²) in [5, 5.41) is 4.68. The number of ether oxygens (including phenoxy) is 1. The van der Waals surface area contributed by atoms with E-state index in [4.69, 9.17) is 4.74 Å². The molecule has 0 spiro atoms. The highest BCUT2D eigenvalue weighted by molar-refractivity contribution is 7.09. The zero-order valence-electron chi connectivity index (χ0n) is 10.5. The molecule has 3 nitrogen and oxygen atoms in total. The molecule has 0 bridgehead atoms. The fourth-order valence-corrected chi connectivity index (χ4v) is 2.24. The Morgan fingerprint density at radius 2 is 2.21 bits per heavy atom. The van der Waals surface area contributed by atoms with Gasteiger partial charge in [-0.2, -0.15) is 4.98 Å². The first kappa shape index (κ1) is 13.7. The molecule has 0 amide bonds. The van der Waals surface area contributed by atoms with Crippen LogP contribution >= 0.6 is 11.3 Å². The number of anilines is 1. The van der Waals surface area contributed by atoms with Gasteiger partial charge in [0, 0.05) is 23.9 Å². The van der Waals surface area contributed by atoms with Gasteiger partial charge in [0.15, 0.2) is 17.5 Å². The maximum atomic E-state index is 13.5. The number of hydrogen-bond acceptors (Lipinski definition) is 4. The van der Waals surface area contributed by atoms with Gasteiger partial charge in [-0.05, 0) is 18.4 Å². The third-order valence-electron chi connectivity index (χ3n) is 2.41. The van der Waals surface area contributed by atoms with Gasteiger partial charge in [0.05, 0.1) is 6.61 Å². The topological polar surface area (TPSA) is 34.2 Å². The summed E-state index contributed by atoms with van der Waals surface area (Å²) in [7, 11) is 0. The Hall–Kier alpha value is -1.69. The Kier molecular flexibility index (Phi) is 4.68. The second-order valence-corrected chi connectivity index (χ2v) is 4.85. The summed E-state index contributed by atoms with van der Waals surface area (Å²) in [6, 6.07) is 4.71. The summed E-state index contributed by atoms with van der Waals surface area (Å²) in [4.78, 5) is 4.95. The third kappa shape index (κ3) is 3.64. The standard InChI is InChI=1S/C13H14F2N2OS/c1-2-16-12-10(14)8-11(15)13(17-12)18-6-5-9-4-3-7-19-9/h3-4,7-8H,2,5-6H2,1H3,(H,16,17). The number of rotatable bonds is 6. The molecular weight excluding hydrogens is 270 g/mol. The molecule has 0 aliphatic rings. The minimum atomic E-state index is -0.787. The summed E-state index contributed by atoms with van der Waals surface area (Å²) in [6.07, 6.45) is 0.673. The zero-order valence-corrected chi connectivity index (χ0v) is 11.3. The van der Waals surface area contributed by atoms with Crippen LogP contribution in [0.1, 0.15) is 11.8 Å². The van der Waals surface area contributed by atoms with E-state index in [0.717, 1.165) is 10.9 Å². The average molecular weight is 284 g/mol. The van der Waals surface area contributed by atoms with Crippen molar-refractivity contribution < 1.29 is 13.5 Å². The number of nitrogens with zero attached hydrogens (tertiary/aromatic N) is 1. The third-order valence-corrected chi connectivity index (χ3v) is 3.35. The van der Waals surface area contributed by atoms with Crippen LogP contribution in [0.5, 0.6) is 5.88 Å². The lowest BCUT2D eigenvalue weighted by Crippen LogP contribution is -2.08. The van der Waals surface area contributed by atoms with Gasteiger partial charge < -0.3 is 10.1 Å². The molecule has 2 heterocycles. The smallest absolute Gasteiger partial charge is 0.252 e. The van der Waals surface area contributed by atoms with Crippen LogP contribution in [-0.4, -0.2) is 18.1 Å². The minimum absolute atomic E-state index is 0.00928. The fourth-order valence-electron chi connectivity index (χ4n) is 1.55. The molecule has 0 aromatic carbocycles. The number of nitrogens with one attached hydrogen (secondary N) is 1. The number of pyridine rings is 1. The molecule has 102 valence electrons. The Morgan fingerprint density at radius 1 is 1.37 bits per heavy atom. The monoisotopic (exact) mass is 284 g/mol. The van der Waals surface area contributed by atoms with E-state index in [9.17, 15) is 8.78 Å². The van der Waals surface area contributed by atoms with Crippen molar-refractivity contribution in [1.82, 2.24) is 4.98 Å². The van der Waals surface area contributed by atoms with Crippen molar-refractivity contribution in [3.63, 3.8) is 0 Å². The molecule has 6 heteroatoms. The molecular formula is C13H14F2N2OS. The van der Waals surface area contributed by atoms with E-state index in [1.54, 1.807) is 11.3 Å². The molecule has 2 aromatic rings. The maximum absolute atomic E-state index is 13.5. The molecule has 0 atom stereocenters. The van der Waals surface area contributed by atoms with E-state index in [0.29, 0.717) is 19.6 Å². The first-order chi connectivity index (χ1) is 9.20. The van der Waals surface area contributed by atoms with Gasteiger partial charge in [0.25, 0.3) is 5.88 Å². The molecule has 0 fully saturated rings. The molecule has 0 radical (unpaired) electrons. The molecule has 1 N–H and O–H groups in total. The van der Waals surface area contributed by atoms with Crippen molar-refractivity contribution in [1.29, 1.82) is 0 Å². The zero-order chi connectivity index (χ0) is 13.7. The highest BCUT2D eigenvalue weighted by atomic mass is 32.1. The second kappa shape index (κ2) is 6.47. The van der Waals surface area contributed by atoms with Crippen molar-refractivity contribution in [3.8, 4) is 5.88 Å².